The van der Waals surface area contributed by atoms with E-state index in [4.69, 9.17) is 4.74 Å². The zero-order chi connectivity index (χ0) is 13.7. The van der Waals surface area contributed by atoms with E-state index in [1.54, 1.807) is 6.20 Å². The molecule has 1 heterocycles. The molecule has 3 nitrogen and oxygen atoms in total. The summed E-state index contributed by atoms with van der Waals surface area (Å²) in [6.45, 7) is 2.84. The highest BCUT2D eigenvalue weighted by molar-refractivity contribution is 9.10. The summed E-state index contributed by atoms with van der Waals surface area (Å²) < 4.78 is 6.92. The van der Waals surface area contributed by atoms with Gasteiger partial charge in [-0.3, -0.25) is 0 Å². The lowest BCUT2D eigenvalue weighted by molar-refractivity contribution is 0.449. The third kappa shape index (κ3) is 3.55. The van der Waals surface area contributed by atoms with E-state index in [0.717, 1.165) is 28.8 Å². The van der Waals surface area contributed by atoms with Crippen LogP contribution >= 0.6 is 15.9 Å². The van der Waals surface area contributed by atoms with Gasteiger partial charge >= 0.3 is 0 Å². The van der Waals surface area contributed by atoms with Crippen molar-refractivity contribution in [1.82, 2.24) is 10.3 Å². The molecule has 2 aromatic rings. The van der Waals surface area contributed by atoms with E-state index in [1.807, 2.05) is 31.3 Å². The summed E-state index contributed by atoms with van der Waals surface area (Å²) >= 11 is 3.43. The second kappa shape index (κ2) is 6.68. The number of aryl methyl sites for hydroxylation is 1. The Hall–Kier alpha value is -1.39. The zero-order valence-corrected chi connectivity index (χ0v) is 12.7. The Morgan fingerprint density at radius 3 is 2.79 bits per heavy atom. The molecular weight excluding hydrogens is 304 g/mol. The van der Waals surface area contributed by atoms with Crippen LogP contribution in [0, 0.1) is 0 Å². The van der Waals surface area contributed by atoms with Crippen LogP contribution in [0.15, 0.2) is 41.0 Å². The standard InChI is InChI=1S/C15H17BrN2O/c1-3-11-6-4-5-7-14(11)19-15-12(9-17-2)8-13(16)10-18-15/h4-8,10,17H,3,9H2,1-2H3. The van der Waals surface area contributed by atoms with E-state index < -0.39 is 0 Å². The van der Waals surface area contributed by atoms with Gasteiger partial charge in [0.2, 0.25) is 5.88 Å². The first-order valence-corrected chi connectivity index (χ1v) is 7.08. The smallest absolute Gasteiger partial charge is 0.223 e. The number of ether oxygens (including phenoxy) is 1. The molecule has 0 radical (unpaired) electrons. The van der Waals surface area contributed by atoms with E-state index in [-0.39, 0.29) is 0 Å². The number of aromatic nitrogens is 1. The summed E-state index contributed by atoms with van der Waals surface area (Å²) in [6.07, 6.45) is 2.69. The highest BCUT2D eigenvalue weighted by Crippen LogP contribution is 2.28. The number of hydrogen-bond donors (Lipinski definition) is 1. The Kier molecular flexibility index (Phi) is 4.93. The van der Waals surface area contributed by atoms with Gasteiger partial charge < -0.3 is 10.1 Å². The summed E-state index contributed by atoms with van der Waals surface area (Å²) in [4.78, 5) is 4.36. The van der Waals surface area contributed by atoms with E-state index in [0.29, 0.717) is 5.88 Å². The van der Waals surface area contributed by atoms with E-state index in [9.17, 15) is 0 Å². The Labute approximate surface area is 122 Å². The van der Waals surface area contributed by atoms with Gasteiger partial charge in [0.05, 0.1) is 0 Å². The Balaban J connectivity index is 2.32. The first-order valence-electron chi connectivity index (χ1n) is 6.29. The van der Waals surface area contributed by atoms with Gasteiger partial charge in [-0.1, -0.05) is 25.1 Å². The molecule has 0 saturated heterocycles. The Bertz CT molecular complexity index is 558. The number of hydrogen-bond acceptors (Lipinski definition) is 3. The van der Waals surface area contributed by atoms with E-state index in [1.165, 1.54) is 5.56 Å². The minimum atomic E-state index is 0.651. The summed E-state index contributed by atoms with van der Waals surface area (Å²) in [7, 11) is 1.91. The molecule has 0 unspecified atom stereocenters. The predicted molar refractivity (Wildman–Crippen MR) is 80.6 cm³/mol. The van der Waals surface area contributed by atoms with Gasteiger partial charge in [-0.25, -0.2) is 4.98 Å². The molecule has 0 aliphatic carbocycles. The maximum Gasteiger partial charge on any atom is 0.223 e. The molecule has 0 amide bonds. The second-order valence-electron chi connectivity index (χ2n) is 4.21. The summed E-state index contributed by atoms with van der Waals surface area (Å²) in [6, 6.07) is 10.1. The maximum absolute atomic E-state index is 5.97. The van der Waals surface area contributed by atoms with Crippen LogP contribution in [0.4, 0.5) is 0 Å². The van der Waals surface area contributed by atoms with Gasteiger partial charge in [0.15, 0.2) is 0 Å². The van der Waals surface area contributed by atoms with Crippen LogP contribution in [0.5, 0.6) is 11.6 Å². The van der Waals surface area contributed by atoms with Crippen molar-refractivity contribution in [3.63, 3.8) is 0 Å². The van der Waals surface area contributed by atoms with Crippen LogP contribution in [0.2, 0.25) is 0 Å². The minimum Gasteiger partial charge on any atom is -0.438 e. The molecule has 0 saturated carbocycles. The summed E-state index contributed by atoms with van der Waals surface area (Å²) in [5, 5.41) is 3.13. The lowest BCUT2D eigenvalue weighted by Gasteiger charge is -2.12. The van der Waals surface area contributed by atoms with Crippen molar-refractivity contribution < 1.29 is 4.74 Å². The lowest BCUT2D eigenvalue weighted by Crippen LogP contribution is -2.07. The second-order valence-corrected chi connectivity index (χ2v) is 5.13. The van der Waals surface area contributed by atoms with Crippen LogP contribution in [-0.4, -0.2) is 12.0 Å². The monoisotopic (exact) mass is 320 g/mol. The number of nitrogens with one attached hydrogen (secondary N) is 1. The van der Waals surface area contributed by atoms with Crippen molar-refractivity contribution in [3.8, 4) is 11.6 Å². The quantitative estimate of drug-likeness (QED) is 0.906. The van der Waals surface area contributed by atoms with Crippen LogP contribution < -0.4 is 10.1 Å². The van der Waals surface area contributed by atoms with Crippen molar-refractivity contribution >= 4 is 15.9 Å². The molecule has 2 rings (SSSR count). The molecule has 0 bridgehead atoms. The van der Waals surface area contributed by atoms with Crippen LogP contribution in [-0.2, 0) is 13.0 Å². The van der Waals surface area contributed by atoms with Gasteiger partial charge in [-0.2, -0.15) is 0 Å². The molecule has 1 aromatic heterocycles. The van der Waals surface area contributed by atoms with Crippen molar-refractivity contribution in [1.29, 1.82) is 0 Å². The molecule has 0 spiro atoms. The van der Waals surface area contributed by atoms with Gasteiger partial charge in [0.1, 0.15) is 5.75 Å². The van der Waals surface area contributed by atoms with Crippen molar-refractivity contribution in [2.75, 3.05) is 7.05 Å². The number of rotatable bonds is 5. The largest absolute Gasteiger partial charge is 0.438 e. The molecule has 4 heteroatoms. The molecule has 1 aromatic carbocycles. The van der Waals surface area contributed by atoms with Gasteiger partial charge in [0, 0.05) is 22.8 Å². The summed E-state index contributed by atoms with van der Waals surface area (Å²) in [5.74, 6) is 1.52. The number of para-hydroxylation sites is 1. The van der Waals surface area contributed by atoms with Gasteiger partial charge in [-0.15, -0.1) is 0 Å². The molecule has 100 valence electrons. The number of pyridine rings is 1. The molecule has 0 aliphatic heterocycles. The average Bonchev–Trinajstić information content (AvgIpc) is 2.43. The van der Waals surface area contributed by atoms with E-state index >= 15 is 0 Å². The van der Waals surface area contributed by atoms with Crippen LogP contribution in [0.3, 0.4) is 0 Å². The normalized spacial score (nSPS) is 10.5. The number of nitrogens with zero attached hydrogens (tertiary/aromatic N) is 1. The van der Waals surface area contributed by atoms with E-state index in [2.05, 4.69) is 39.2 Å². The fraction of sp³-hybridized carbons (Fsp3) is 0.267. The zero-order valence-electron chi connectivity index (χ0n) is 11.1. The third-order valence-electron chi connectivity index (χ3n) is 2.82. The minimum absolute atomic E-state index is 0.651. The highest BCUT2D eigenvalue weighted by Gasteiger charge is 2.09. The van der Waals surface area contributed by atoms with Gasteiger partial charge in [-0.05, 0) is 47.1 Å². The number of benzene rings is 1. The molecule has 1 N–H and O–H groups in total. The predicted octanol–water partition coefficient (Wildman–Crippen LogP) is 3.92. The van der Waals surface area contributed by atoms with Gasteiger partial charge in [0.25, 0.3) is 0 Å². The number of halogens is 1. The average molecular weight is 321 g/mol. The Morgan fingerprint density at radius 1 is 1.26 bits per heavy atom. The molecular formula is C15H17BrN2O. The van der Waals surface area contributed by atoms with Crippen molar-refractivity contribution in [2.45, 2.75) is 19.9 Å². The topological polar surface area (TPSA) is 34.1 Å². The first-order chi connectivity index (χ1) is 9.24. The third-order valence-corrected chi connectivity index (χ3v) is 3.25. The summed E-state index contributed by atoms with van der Waals surface area (Å²) in [5.41, 5.74) is 2.21. The molecule has 19 heavy (non-hydrogen) atoms. The van der Waals surface area contributed by atoms with Crippen molar-refractivity contribution in [2.24, 2.45) is 0 Å². The van der Waals surface area contributed by atoms with Crippen LogP contribution in [0.1, 0.15) is 18.1 Å². The van der Waals surface area contributed by atoms with Crippen LogP contribution in [0.25, 0.3) is 0 Å². The fourth-order valence-electron chi connectivity index (χ4n) is 1.88. The molecule has 0 aliphatic rings. The molecule has 0 fully saturated rings. The Morgan fingerprint density at radius 2 is 2.05 bits per heavy atom. The fourth-order valence-corrected chi connectivity index (χ4v) is 2.26. The maximum atomic E-state index is 5.97. The molecule has 0 atom stereocenters. The first kappa shape index (κ1) is 14.0. The van der Waals surface area contributed by atoms with Crippen molar-refractivity contribution in [3.05, 3.63) is 52.1 Å². The highest BCUT2D eigenvalue weighted by atomic mass is 79.9. The SMILES string of the molecule is CCc1ccccc1Oc1ncc(Br)cc1CNC. The lowest BCUT2D eigenvalue weighted by atomic mass is 10.1.